The summed E-state index contributed by atoms with van der Waals surface area (Å²) in [4.78, 5) is 21.5. The van der Waals surface area contributed by atoms with Crippen LogP contribution in [0.2, 0.25) is 0 Å². The third kappa shape index (κ3) is 3.40. The Morgan fingerprint density at radius 3 is 2.69 bits per heavy atom. The van der Waals surface area contributed by atoms with Crippen LogP contribution < -0.4 is 10.5 Å². The molecule has 0 spiro atoms. The summed E-state index contributed by atoms with van der Waals surface area (Å²) in [5.41, 5.74) is 2.24. The van der Waals surface area contributed by atoms with Gasteiger partial charge in [0.1, 0.15) is 5.69 Å². The fourth-order valence-corrected chi connectivity index (χ4v) is 6.00. The van der Waals surface area contributed by atoms with Crippen molar-refractivity contribution in [3.05, 3.63) is 75.9 Å². The molecular formula is C24H20N4O2S2. The highest BCUT2D eigenvalue weighted by Crippen LogP contribution is 2.35. The molecule has 6 nitrogen and oxygen atoms in total. The van der Waals surface area contributed by atoms with Gasteiger partial charge in [-0.1, -0.05) is 59.9 Å². The highest BCUT2D eigenvalue weighted by Gasteiger charge is 2.22. The van der Waals surface area contributed by atoms with Crippen LogP contribution in [-0.2, 0) is 11.3 Å². The summed E-state index contributed by atoms with van der Waals surface area (Å²) in [7, 11) is 0. The molecule has 0 N–H and O–H groups in total. The number of rotatable bonds is 4. The van der Waals surface area contributed by atoms with Crippen LogP contribution in [-0.4, -0.2) is 41.1 Å². The van der Waals surface area contributed by atoms with Crippen molar-refractivity contribution >= 4 is 48.8 Å². The van der Waals surface area contributed by atoms with Gasteiger partial charge in [-0.15, -0.1) is 11.3 Å². The lowest BCUT2D eigenvalue weighted by Crippen LogP contribution is -2.36. The number of nitrogens with zero attached hydrogens (tertiary/aromatic N) is 4. The average molecular weight is 461 g/mol. The second-order valence-corrected chi connectivity index (χ2v) is 9.63. The summed E-state index contributed by atoms with van der Waals surface area (Å²) in [5, 5.41) is 10.0. The van der Waals surface area contributed by atoms with E-state index in [-0.39, 0.29) is 5.56 Å². The van der Waals surface area contributed by atoms with E-state index in [1.807, 2.05) is 35.7 Å². The molecular weight excluding hydrogens is 440 g/mol. The van der Waals surface area contributed by atoms with E-state index >= 15 is 0 Å². The minimum absolute atomic E-state index is 0.149. The Balaban J connectivity index is 1.52. The van der Waals surface area contributed by atoms with E-state index in [0.29, 0.717) is 25.3 Å². The maximum absolute atomic E-state index is 13.5. The molecule has 1 aliphatic rings. The highest BCUT2D eigenvalue weighted by molar-refractivity contribution is 7.23. The molecule has 32 heavy (non-hydrogen) atoms. The topological polar surface area (TPSA) is 60.3 Å². The molecule has 1 aliphatic heterocycles. The second-order valence-electron chi connectivity index (χ2n) is 7.70. The summed E-state index contributed by atoms with van der Waals surface area (Å²) in [6.07, 6.45) is 0. The van der Waals surface area contributed by atoms with Crippen molar-refractivity contribution in [3.8, 4) is 10.6 Å². The van der Waals surface area contributed by atoms with Crippen molar-refractivity contribution < 1.29 is 4.74 Å². The zero-order chi connectivity index (χ0) is 21.5. The second kappa shape index (κ2) is 8.12. The maximum Gasteiger partial charge on any atom is 0.294 e. The number of benzene rings is 2. The fourth-order valence-electron chi connectivity index (χ4n) is 4.11. The van der Waals surface area contributed by atoms with E-state index in [4.69, 9.17) is 14.8 Å². The van der Waals surface area contributed by atoms with Gasteiger partial charge in [-0.25, -0.2) is 9.67 Å². The quantitative estimate of drug-likeness (QED) is 0.392. The normalized spacial score (nSPS) is 14.4. The Morgan fingerprint density at radius 2 is 1.84 bits per heavy atom. The summed E-state index contributed by atoms with van der Waals surface area (Å²) < 4.78 is 7.91. The molecule has 6 rings (SSSR count). The number of morpholine rings is 1. The highest BCUT2D eigenvalue weighted by atomic mass is 32.1. The van der Waals surface area contributed by atoms with Crippen LogP contribution in [0.15, 0.2) is 64.8 Å². The number of anilines is 1. The molecule has 2 aromatic carbocycles. The predicted octanol–water partition coefficient (Wildman–Crippen LogP) is 4.62. The van der Waals surface area contributed by atoms with E-state index in [0.717, 1.165) is 49.8 Å². The van der Waals surface area contributed by atoms with Crippen LogP contribution in [0.5, 0.6) is 0 Å². The van der Waals surface area contributed by atoms with Gasteiger partial charge in [0.25, 0.3) is 5.56 Å². The molecule has 1 saturated heterocycles. The van der Waals surface area contributed by atoms with E-state index < -0.39 is 0 Å². The smallest absolute Gasteiger partial charge is 0.294 e. The Bertz CT molecular complexity index is 1460. The fraction of sp³-hybridized carbons (Fsp3) is 0.208. The van der Waals surface area contributed by atoms with Gasteiger partial charge >= 0.3 is 0 Å². The van der Waals surface area contributed by atoms with Crippen LogP contribution in [0.3, 0.4) is 0 Å². The molecule has 0 amide bonds. The van der Waals surface area contributed by atoms with Crippen LogP contribution in [0.4, 0.5) is 5.13 Å². The minimum atomic E-state index is -0.149. The molecule has 0 atom stereocenters. The third-order valence-electron chi connectivity index (χ3n) is 5.72. The van der Waals surface area contributed by atoms with Gasteiger partial charge in [-0.05, 0) is 27.8 Å². The summed E-state index contributed by atoms with van der Waals surface area (Å²) >= 11 is 3.18. The first-order valence-corrected chi connectivity index (χ1v) is 12.2. The zero-order valence-corrected chi connectivity index (χ0v) is 18.9. The van der Waals surface area contributed by atoms with Crippen LogP contribution in [0, 0.1) is 0 Å². The third-order valence-corrected chi connectivity index (χ3v) is 7.72. The molecule has 8 heteroatoms. The molecule has 0 aliphatic carbocycles. The zero-order valence-electron chi connectivity index (χ0n) is 17.2. The van der Waals surface area contributed by atoms with E-state index in [2.05, 4.69) is 29.2 Å². The van der Waals surface area contributed by atoms with Gasteiger partial charge in [-0.2, -0.15) is 5.10 Å². The Hall–Kier alpha value is -3.07. The largest absolute Gasteiger partial charge is 0.378 e. The van der Waals surface area contributed by atoms with Crippen LogP contribution in [0.1, 0.15) is 5.56 Å². The molecule has 0 saturated carbocycles. The lowest BCUT2D eigenvalue weighted by atomic mass is 10.0. The van der Waals surface area contributed by atoms with Gasteiger partial charge in [0.15, 0.2) is 10.6 Å². The van der Waals surface area contributed by atoms with Crippen LogP contribution in [0.25, 0.3) is 31.6 Å². The number of ether oxygens (including phenoxy) is 1. The number of fused-ring (bicyclic) bond motifs is 2. The van der Waals surface area contributed by atoms with Gasteiger partial charge in [-0.3, -0.25) is 4.79 Å². The Labute approximate surface area is 192 Å². The molecule has 160 valence electrons. The standard InChI is InChI=1S/C24H20N4O2S2/c29-23-21-22(32-24(25-21)27-10-12-30-13-11-27)20(19-9-4-14-31-19)26-28(23)15-17-7-3-6-16-5-1-2-8-18(16)17/h1-9,14H,10-13,15H2. The number of aromatic nitrogens is 3. The SMILES string of the molecule is O=c1c2nc(N3CCOCC3)sc2c(-c2cccs2)nn1Cc1cccc2ccccc12. The van der Waals surface area contributed by atoms with Crippen molar-refractivity contribution in [1.82, 2.24) is 14.8 Å². The average Bonchev–Trinajstić information content (AvgIpc) is 3.53. The van der Waals surface area contributed by atoms with Crippen molar-refractivity contribution in [1.29, 1.82) is 0 Å². The lowest BCUT2D eigenvalue weighted by molar-refractivity contribution is 0.122. The first kappa shape index (κ1) is 19.6. The van der Waals surface area contributed by atoms with E-state index in [1.54, 1.807) is 27.4 Å². The molecule has 0 radical (unpaired) electrons. The molecule has 3 aromatic heterocycles. The summed E-state index contributed by atoms with van der Waals surface area (Å²) in [5.74, 6) is 0. The molecule has 0 bridgehead atoms. The Kier molecular flexibility index (Phi) is 4.98. The maximum atomic E-state index is 13.5. The van der Waals surface area contributed by atoms with Crippen molar-refractivity contribution in [2.24, 2.45) is 0 Å². The Morgan fingerprint density at radius 1 is 1.00 bits per heavy atom. The summed E-state index contributed by atoms with van der Waals surface area (Å²) in [6, 6.07) is 18.5. The minimum Gasteiger partial charge on any atom is -0.378 e. The van der Waals surface area contributed by atoms with Crippen molar-refractivity contribution in [2.45, 2.75) is 6.54 Å². The summed E-state index contributed by atoms with van der Waals surface area (Å²) in [6.45, 7) is 3.32. The number of hydrogen-bond donors (Lipinski definition) is 0. The van der Waals surface area contributed by atoms with E-state index in [1.165, 1.54) is 0 Å². The van der Waals surface area contributed by atoms with Gasteiger partial charge in [0, 0.05) is 13.1 Å². The molecule has 5 aromatic rings. The number of hydrogen-bond acceptors (Lipinski definition) is 7. The lowest BCUT2D eigenvalue weighted by Gasteiger charge is -2.25. The van der Waals surface area contributed by atoms with Crippen LogP contribution >= 0.6 is 22.7 Å². The number of thiophene rings is 1. The molecule has 4 heterocycles. The van der Waals surface area contributed by atoms with Crippen molar-refractivity contribution in [3.63, 3.8) is 0 Å². The monoisotopic (exact) mass is 460 g/mol. The first-order chi connectivity index (χ1) is 15.8. The van der Waals surface area contributed by atoms with Gasteiger partial charge in [0.05, 0.1) is 29.3 Å². The van der Waals surface area contributed by atoms with Crippen molar-refractivity contribution in [2.75, 3.05) is 31.2 Å². The molecule has 1 fully saturated rings. The molecule has 0 unspecified atom stereocenters. The first-order valence-electron chi connectivity index (χ1n) is 10.5. The van der Waals surface area contributed by atoms with Gasteiger partial charge in [0.2, 0.25) is 0 Å². The van der Waals surface area contributed by atoms with E-state index in [9.17, 15) is 4.79 Å². The number of thiazole rings is 1. The van der Waals surface area contributed by atoms with Gasteiger partial charge < -0.3 is 9.64 Å². The predicted molar refractivity (Wildman–Crippen MR) is 131 cm³/mol.